The minimum absolute atomic E-state index is 0.509. The van der Waals surface area contributed by atoms with Gasteiger partial charge < -0.3 is 8.98 Å². The molecule has 0 spiro atoms. The van der Waals surface area contributed by atoms with Gasteiger partial charge in [0.1, 0.15) is 0 Å². The Bertz CT molecular complexity index is 837. The second-order valence-electron chi connectivity index (χ2n) is 6.69. The molecule has 0 N–H and O–H groups in total. The van der Waals surface area contributed by atoms with E-state index in [-0.39, 0.29) is 0 Å². The van der Waals surface area contributed by atoms with Crippen molar-refractivity contribution in [1.82, 2.24) is 19.7 Å². The van der Waals surface area contributed by atoms with Gasteiger partial charge in [0.15, 0.2) is 5.16 Å². The smallest absolute Gasteiger partial charge is 0.226 e. The first kappa shape index (κ1) is 16.6. The van der Waals surface area contributed by atoms with E-state index < -0.39 is 0 Å². The highest BCUT2D eigenvalue weighted by Gasteiger charge is 2.29. The first-order valence-electron chi connectivity index (χ1n) is 9.25. The molecule has 1 aliphatic rings. The molecule has 0 atom stereocenters. The molecule has 1 fully saturated rings. The van der Waals surface area contributed by atoms with Crippen LogP contribution in [0.25, 0.3) is 11.0 Å². The summed E-state index contributed by atoms with van der Waals surface area (Å²) in [5.41, 5.74) is 2.27. The molecule has 2 heterocycles. The van der Waals surface area contributed by atoms with Crippen LogP contribution in [0.15, 0.2) is 33.8 Å². The summed E-state index contributed by atoms with van der Waals surface area (Å²) in [4.78, 5) is 4.82. The van der Waals surface area contributed by atoms with E-state index in [0.29, 0.717) is 17.6 Å². The van der Waals surface area contributed by atoms with Gasteiger partial charge in [-0.15, -0.1) is 10.2 Å². The lowest BCUT2D eigenvalue weighted by molar-refractivity contribution is 0.466. The lowest BCUT2D eigenvalue weighted by Gasteiger charge is -2.08. The highest BCUT2D eigenvalue weighted by molar-refractivity contribution is 7.98. The molecule has 3 aromatic rings. The van der Waals surface area contributed by atoms with Crippen molar-refractivity contribution in [3.63, 3.8) is 0 Å². The van der Waals surface area contributed by atoms with Gasteiger partial charge in [-0.1, -0.05) is 50.1 Å². The van der Waals surface area contributed by atoms with Gasteiger partial charge in [0.25, 0.3) is 0 Å². The van der Waals surface area contributed by atoms with Gasteiger partial charge >= 0.3 is 0 Å². The highest BCUT2D eigenvalue weighted by atomic mass is 32.2. The maximum atomic E-state index is 5.78. The van der Waals surface area contributed by atoms with E-state index in [0.717, 1.165) is 23.1 Å². The van der Waals surface area contributed by atoms with Crippen LogP contribution < -0.4 is 0 Å². The van der Waals surface area contributed by atoms with Crippen LogP contribution in [0.2, 0.25) is 0 Å². The number of imidazole rings is 1. The van der Waals surface area contributed by atoms with Gasteiger partial charge in [-0.25, -0.2) is 4.98 Å². The summed E-state index contributed by atoms with van der Waals surface area (Å²) in [7, 11) is 0. The minimum Gasteiger partial charge on any atom is -0.424 e. The van der Waals surface area contributed by atoms with Gasteiger partial charge in [0.05, 0.1) is 16.8 Å². The average Bonchev–Trinajstić information content (AvgIpc) is 3.27. The molecule has 0 aliphatic heterocycles. The summed E-state index contributed by atoms with van der Waals surface area (Å²) in [5.74, 6) is 2.70. The number of rotatable bonds is 9. The first-order valence-corrected chi connectivity index (χ1v) is 10.2. The molecule has 0 unspecified atom stereocenters. The molecule has 2 aromatic heterocycles. The Morgan fingerprint density at radius 1 is 1.16 bits per heavy atom. The molecule has 1 aromatic carbocycles. The third kappa shape index (κ3) is 3.89. The number of aromatic nitrogens is 4. The number of unbranched alkanes of at least 4 members (excludes halogenated alkanes) is 3. The predicted octanol–water partition coefficient (Wildman–Crippen LogP) is 5.17. The maximum absolute atomic E-state index is 5.78. The summed E-state index contributed by atoms with van der Waals surface area (Å²) in [6.07, 6.45) is 7.37. The summed E-state index contributed by atoms with van der Waals surface area (Å²) < 4.78 is 8.12. The number of aryl methyl sites for hydroxylation is 1. The van der Waals surface area contributed by atoms with Crippen molar-refractivity contribution in [3.8, 4) is 0 Å². The molecule has 0 radical (unpaired) electrons. The van der Waals surface area contributed by atoms with E-state index in [1.54, 1.807) is 11.8 Å². The molecule has 1 saturated carbocycles. The predicted molar refractivity (Wildman–Crippen MR) is 99.7 cm³/mol. The van der Waals surface area contributed by atoms with Crippen molar-refractivity contribution in [3.05, 3.63) is 36.0 Å². The number of benzene rings is 1. The van der Waals surface area contributed by atoms with Crippen LogP contribution in [-0.2, 0) is 12.3 Å². The second kappa shape index (κ2) is 7.60. The minimum atomic E-state index is 0.509. The number of fused-ring (bicyclic) bond motifs is 1. The normalized spacial score (nSPS) is 14.4. The fraction of sp³-hybridized carbons (Fsp3) is 0.526. The molecular formula is C19H24N4OS. The number of thioether (sulfide) groups is 1. The van der Waals surface area contributed by atoms with Gasteiger partial charge in [-0.05, 0) is 31.4 Å². The van der Waals surface area contributed by atoms with Crippen LogP contribution in [0.1, 0.15) is 63.1 Å². The molecule has 0 bridgehead atoms. The summed E-state index contributed by atoms with van der Waals surface area (Å²) in [6.45, 7) is 3.26. The molecule has 6 heteroatoms. The molecule has 0 amide bonds. The Morgan fingerprint density at radius 2 is 2.04 bits per heavy atom. The Hall–Kier alpha value is -1.82. The molecule has 0 saturated heterocycles. The van der Waals surface area contributed by atoms with Crippen LogP contribution in [0.3, 0.4) is 0 Å². The van der Waals surface area contributed by atoms with E-state index in [9.17, 15) is 0 Å². The summed E-state index contributed by atoms with van der Waals surface area (Å²) >= 11 is 1.69. The van der Waals surface area contributed by atoms with E-state index in [1.807, 2.05) is 6.07 Å². The Labute approximate surface area is 152 Å². The van der Waals surface area contributed by atoms with Crippen LogP contribution >= 0.6 is 11.8 Å². The lowest BCUT2D eigenvalue weighted by Crippen LogP contribution is -2.00. The van der Waals surface area contributed by atoms with Crippen molar-refractivity contribution in [2.24, 2.45) is 0 Å². The van der Waals surface area contributed by atoms with Crippen molar-refractivity contribution in [1.29, 1.82) is 0 Å². The zero-order chi connectivity index (χ0) is 17.1. The van der Waals surface area contributed by atoms with E-state index in [2.05, 4.69) is 39.9 Å². The standard InChI is InChI=1S/C19H24N4OS/c1-2-3-4-7-12-23-16-9-6-5-8-15(16)20-19(23)25-13-17-21-22-18(24-17)14-10-11-14/h5-6,8-9,14H,2-4,7,10-13H2,1H3. The fourth-order valence-electron chi connectivity index (χ4n) is 3.02. The van der Waals surface area contributed by atoms with Crippen molar-refractivity contribution in [2.45, 2.75) is 68.8 Å². The van der Waals surface area contributed by atoms with Gasteiger partial charge in [-0.3, -0.25) is 0 Å². The van der Waals surface area contributed by atoms with Crippen LogP contribution in [0.5, 0.6) is 0 Å². The van der Waals surface area contributed by atoms with Crippen molar-refractivity contribution < 1.29 is 4.42 Å². The monoisotopic (exact) mass is 356 g/mol. The third-order valence-electron chi connectivity index (χ3n) is 4.59. The first-order chi connectivity index (χ1) is 12.3. The molecule has 132 valence electrons. The van der Waals surface area contributed by atoms with Crippen LogP contribution in [0, 0.1) is 0 Å². The van der Waals surface area contributed by atoms with Crippen LogP contribution in [0.4, 0.5) is 0 Å². The Balaban J connectivity index is 1.48. The molecule has 4 rings (SSSR count). The largest absolute Gasteiger partial charge is 0.424 e. The Kier molecular flexibility index (Phi) is 5.06. The molecule has 1 aliphatic carbocycles. The average molecular weight is 356 g/mol. The summed E-state index contributed by atoms with van der Waals surface area (Å²) in [5, 5.41) is 9.40. The van der Waals surface area contributed by atoms with Crippen LogP contribution in [-0.4, -0.2) is 19.7 Å². The number of hydrogen-bond donors (Lipinski definition) is 0. The highest BCUT2D eigenvalue weighted by Crippen LogP contribution is 2.39. The topological polar surface area (TPSA) is 56.7 Å². The zero-order valence-electron chi connectivity index (χ0n) is 14.6. The van der Waals surface area contributed by atoms with Crippen molar-refractivity contribution in [2.75, 3.05) is 0 Å². The fourth-order valence-corrected chi connectivity index (χ4v) is 3.90. The molecular weight excluding hydrogens is 332 g/mol. The zero-order valence-corrected chi connectivity index (χ0v) is 15.5. The van der Waals surface area contributed by atoms with E-state index in [4.69, 9.17) is 9.40 Å². The SMILES string of the molecule is CCCCCCn1c(SCc2nnc(C3CC3)o2)nc2ccccc21. The molecule has 5 nitrogen and oxygen atoms in total. The third-order valence-corrected chi connectivity index (χ3v) is 5.55. The quantitative estimate of drug-likeness (QED) is 0.391. The second-order valence-corrected chi connectivity index (χ2v) is 7.63. The van der Waals surface area contributed by atoms with Crippen molar-refractivity contribution >= 4 is 22.8 Å². The van der Waals surface area contributed by atoms with Gasteiger partial charge in [0.2, 0.25) is 11.8 Å². The maximum Gasteiger partial charge on any atom is 0.226 e. The lowest BCUT2D eigenvalue weighted by atomic mass is 10.2. The number of para-hydroxylation sites is 2. The van der Waals surface area contributed by atoms with E-state index in [1.165, 1.54) is 44.0 Å². The van der Waals surface area contributed by atoms with E-state index >= 15 is 0 Å². The van der Waals surface area contributed by atoms with Gasteiger partial charge in [0, 0.05) is 12.5 Å². The summed E-state index contributed by atoms with van der Waals surface area (Å²) in [6, 6.07) is 8.37. The number of nitrogens with zero attached hydrogens (tertiary/aromatic N) is 4. The molecule has 25 heavy (non-hydrogen) atoms. The number of hydrogen-bond acceptors (Lipinski definition) is 5. The van der Waals surface area contributed by atoms with Gasteiger partial charge in [-0.2, -0.15) is 0 Å². The Morgan fingerprint density at radius 3 is 2.88 bits per heavy atom.